The van der Waals surface area contributed by atoms with Crippen molar-refractivity contribution < 1.29 is 9.53 Å². The van der Waals surface area contributed by atoms with Crippen molar-refractivity contribution in [3.63, 3.8) is 0 Å². The maximum absolute atomic E-state index is 12.7. The Hall–Kier alpha value is -3.74. The van der Waals surface area contributed by atoms with E-state index >= 15 is 0 Å². The van der Waals surface area contributed by atoms with Gasteiger partial charge >= 0.3 is 0 Å². The van der Waals surface area contributed by atoms with Gasteiger partial charge in [0, 0.05) is 17.7 Å². The Morgan fingerprint density at radius 2 is 1.86 bits per heavy atom. The monoisotopic (exact) mass is 387 g/mol. The third kappa shape index (κ3) is 4.08. The van der Waals surface area contributed by atoms with E-state index in [1.54, 1.807) is 13.2 Å². The number of carbonyl (C=O) groups excluding carboxylic acids is 1. The highest BCUT2D eigenvalue weighted by atomic mass is 16.5. The summed E-state index contributed by atoms with van der Waals surface area (Å²) >= 11 is 0. The quantitative estimate of drug-likeness (QED) is 0.493. The third-order valence-corrected chi connectivity index (χ3v) is 4.67. The number of ether oxygens (including phenoxy) is 1. The maximum atomic E-state index is 12.7. The fraction of sp³-hybridized carbons (Fsp3) is 0.182. The van der Waals surface area contributed by atoms with E-state index in [0.717, 1.165) is 24.0 Å². The van der Waals surface area contributed by atoms with E-state index in [0.29, 0.717) is 23.6 Å². The maximum Gasteiger partial charge on any atom is 0.271 e. The van der Waals surface area contributed by atoms with Gasteiger partial charge in [0.15, 0.2) is 5.65 Å². The number of amides is 1. The van der Waals surface area contributed by atoms with Crippen LogP contribution in [0.1, 0.15) is 22.5 Å². The first-order valence-corrected chi connectivity index (χ1v) is 9.43. The third-order valence-electron chi connectivity index (χ3n) is 4.67. The number of nitrogens with zero attached hydrogens (tertiary/aromatic N) is 4. The molecule has 0 saturated carbocycles. The van der Waals surface area contributed by atoms with Gasteiger partial charge in [-0.1, -0.05) is 48.5 Å². The van der Waals surface area contributed by atoms with Crippen LogP contribution in [0.2, 0.25) is 0 Å². The molecule has 0 spiro atoms. The standard InChI is InChI=1S/C22H21N5O2/c1-29-20-12-6-5-11-17(20)18-14-19(26-27-15-24-25-21(18)27)22(28)23-13-7-10-16-8-3-2-4-9-16/h2-6,8-9,11-12,14-15H,7,10,13H2,1H3,(H,23,28). The van der Waals surface area contributed by atoms with Gasteiger partial charge in [-0.05, 0) is 30.5 Å². The Bertz CT molecular complexity index is 1120. The Morgan fingerprint density at radius 1 is 1.07 bits per heavy atom. The number of hydrogen-bond donors (Lipinski definition) is 1. The number of methoxy groups -OCH3 is 1. The molecule has 0 saturated heterocycles. The first-order valence-electron chi connectivity index (χ1n) is 9.43. The van der Waals surface area contributed by atoms with Crippen molar-refractivity contribution in [2.45, 2.75) is 12.8 Å². The summed E-state index contributed by atoms with van der Waals surface area (Å²) in [7, 11) is 1.61. The molecule has 0 unspecified atom stereocenters. The largest absolute Gasteiger partial charge is 0.496 e. The van der Waals surface area contributed by atoms with Gasteiger partial charge in [-0.25, -0.2) is 0 Å². The Balaban J connectivity index is 1.54. The zero-order valence-corrected chi connectivity index (χ0v) is 16.1. The van der Waals surface area contributed by atoms with Crippen LogP contribution in [-0.2, 0) is 6.42 Å². The summed E-state index contributed by atoms with van der Waals surface area (Å²) in [6.07, 6.45) is 3.25. The summed E-state index contributed by atoms with van der Waals surface area (Å²) in [5.41, 5.74) is 3.69. The normalized spacial score (nSPS) is 10.8. The van der Waals surface area contributed by atoms with Gasteiger partial charge in [-0.3, -0.25) is 4.79 Å². The summed E-state index contributed by atoms with van der Waals surface area (Å²) in [6.45, 7) is 0.569. The molecule has 146 valence electrons. The van der Waals surface area contributed by atoms with Crippen molar-refractivity contribution in [2.24, 2.45) is 0 Å². The summed E-state index contributed by atoms with van der Waals surface area (Å²) in [6, 6.07) is 19.5. The van der Waals surface area contributed by atoms with E-state index in [-0.39, 0.29) is 5.91 Å². The predicted octanol–water partition coefficient (Wildman–Crippen LogP) is 3.16. The summed E-state index contributed by atoms with van der Waals surface area (Å²) in [5.74, 6) is 0.461. The van der Waals surface area contributed by atoms with E-state index in [9.17, 15) is 4.79 Å². The number of benzene rings is 2. The predicted molar refractivity (Wildman–Crippen MR) is 110 cm³/mol. The van der Waals surface area contributed by atoms with Crippen molar-refractivity contribution in [3.8, 4) is 16.9 Å². The minimum Gasteiger partial charge on any atom is -0.496 e. The lowest BCUT2D eigenvalue weighted by Crippen LogP contribution is -2.26. The Labute approximate surface area is 168 Å². The fourth-order valence-electron chi connectivity index (χ4n) is 3.23. The topological polar surface area (TPSA) is 81.4 Å². The van der Waals surface area contributed by atoms with Crippen LogP contribution in [-0.4, -0.2) is 39.4 Å². The molecule has 4 rings (SSSR count). The number of carbonyl (C=O) groups is 1. The van der Waals surface area contributed by atoms with Gasteiger partial charge in [0.05, 0.1) is 7.11 Å². The van der Waals surface area contributed by atoms with Crippen LogP contribution in [0.5, 0.6) is 5.75 Å². The molecule has 0 bridgehead atoms. The van der Waals surface area contributed by atoms with Crippen molar-refractivity contribution in [2.75, 3.05) is 13.7 Å². The van der Waals surface area contributed by atoms with Crippen molar-refractivity contribution in [1.82, 2.24) is 25.1 Å². The average Bonchev–Trinajstić information content (AvgIpc) is 3.25. The van der Waals surface area contributed by atoms with Crippen LogP contribution >= 0.6 is 0 Å². The highest BCUT2D eigenvalue weighted by Crippen LogP contribution is 2.32. The summed E-state index contributed by atoms with van der Waals surface area (Å²) in [4.78, 5) is 12.7. The number of nitrogens with one attached hydrogen (secondary N) is 1. The second kappa shape index (κ2) is 8.52. The van der Waals surface area contributed by atoms with E-state index in [4.69, 9.17) is 4.74 Å². The molecule has 2 aromatic carbocycles. The molecule has 0 aliphatic heterocycles. The number of fused-ring (bicyclic) bond motifs is 1. The van der Waals surface area contributed by atoms with E-state index in [1.807, 2.05) is 42.5 Å². The second-order valence-corrected chi connectivity index (χ2v) is 6.59. The molecule has 2 heterocycles. The lowest BCUT2D eigenvalue weighted by atomic mass is 10.1. The number of aromatic nitrogens is 4. The fourth-order valence-corrected chi connectivity index (χ4v) is 3.23. The van der Waals surface area contributed by atoms with Gasteiger partial charge in [-0.2, -0.15) is 9.61 Å². The SMILES string of the molecule is COc1ccccc1-c1cc(C(=O)NCCCc2ccccc2)nn2cnnc12. The highest BCUT2D eigenvalue weighted by molar-refractivity contribution is 5.95. The lowest BCUT2D eigenvalue weighted by Gasteiger charge is -2.11. The summed E-state index contributed by atoms with van der Waals surface area (Å²) < 4.78 is 6.98. The van der Waals surface area contributed by atoms with E-state index < -0.39 is 0 Å². The van der Waals surface area contributed by atoms with E-state index in [1.165, 1.54) is 16.4 Å². The molecule has 29 heavy (non-hydrogen) atoms. The molecule has 7 nitrogen and oxygen atoms in total. The van der Waals surface area contributed by atoms with Gasteiger partial charge in [0.1, 0.15) is 17.8 Å². The van der Waals surface area contributed by atoms with Crippen LogP contribution in [0.3, 0.4) is 0 Å². The molecule has 0 fully saturated rings. The molecule has 1 N–H and O–H groups in total. The molecule has 4 aromatic rings. The number of rotatable bonds is 7. The second-order valence-electron chi connectivity index (χ2n) is 6.59. The van der Waals surface area contributed by atoms with Crippen LogP contribution in [0.25, 0.3) is 16.8 Å². The molecule has 2 aromatic heterocycles. The molecule has 0 atom stereocenters. The molecule has 7 heteroatoms. The minimum absolute atomic E-state index is 0.232. The lowest BCUT2D eigenvalue weighted by molar-refractivity contribution is 0.0947. The molecule has 1 amide bonds. The minimum atomic E-state index is -0.232. The first kappa shape index (κ1) is 18.6. The average molecular weight is 387 g/mol. The van der Waals surface area contributed by atoms with Gasteiger partial charge in [0.25, 0.3) is 5.91 Å². The molecular weight excluding hydrogens is 366 g/mol. The van der Waals surface area contributed by atoms with Crippen LogP contribution in [0.15, 0.2) is 67.0 Å². The smallest absolute Gasteiger partial charge is 0.271 e. The van der Waals surface area contributed by atoms with Crippen LogP contribution in [0.4, 0.5) is 0 Å². The van der Waals surface area contributed by atoms with Crippen LogP contribution in [0, 0.1) is 0 Å². The summed E-state index contributed by atoms with van der Waals surface area (Å²) in [5, 5.41) is 15.4. The zero-order valence-electron chi connectivity index (χ0n) is 16.1. The van der Waals surface area contributed by atoms with Crippen molar-refractivity contribution >= 4 is 11.6 Å². The molecular formula is C22H21N5O2. The Morgan fingerprint density at radius 3 is 2.69 bits per heavy atom. The molecule has 0 aliphatic rings. The van der Waals surface area contributed by atoms with Gasteiger partial charge in [0.2, 0.25) is 0 Å². The van der Waals surface area contributed by atoms with Gasteiger partial charge in [-0.15, -0.1) is 10.2 Å². The van der Waals surface area contributed by atoms with E-state index in [2.05, 4.69) is 32.7 Å². The molecule has 0 radical (unpaired) electrons. The number of aryl methyl sites for hydroxylation is 1. The number of hydrogen-bond acceptors (Lipinski definition) is 5. The van der Waals surface area contributed by atoms with Gasteiger partial charge < -0.3 is 10.1 Å². The van der Waals surface area contributed by atoms with Crippen molar-refractivity contribution in [3.05, 3.63) is 78.2 Å². The zero-order chi connectivity index (χ0) is 20.1. The Kier molecular flexibility index (Phi) is 5.47. The first-order chi connectivity index (χ1) is 14.3. The number of para-hydroxylation sites is 1. The molecule has 0 aliphatic carbocycles. The highest BCUT2D eigenvalue weighted by Gasteiger charge is 2.17. The van der Waals surface area contributed by atoms with Crippen LogP contribution < -0.4 is 10.1 Å². The van der Waals surface area contributed by atoms with Crippen molar-refractivity contribution in [1.29, 1.82) is 0 Å².